The summed E-state index contributed by atoms with van der Waals surface area (Å²) in [4.78, 5) is 0. The molecule has 0 aromatic heterocycles. The van der Waals surface area contributed by atoms with E-state index in [0.717, 1.165) is 11.7 Å². The Morgan fingerprint density at radius 2 is 1.89 bits per heavy atom. The molecule has 1 nitrogen and oxygen atoms in total. The maximum Gasteiger partial charge on any atom is 0.0386 e. The summed E-state index contributed by atoms with van der Waals surface area (Å²) in [5.41, 5.74) is 9.00. The topological polar surface area (TPSA) is 26.0 Å². The zero-order chi connectivity index (χ0) is 13.5. The Balaban J connectivity index is 1.73. The van der Waals surface area contributed by atoms with Crippen molar-refractivity contribution in [2.24, 2.45) is 11.7 Å². The molecule has 0 amide bonds. The molecular weight excluding hydrogens is 250 g/mol. The summed E-state index contributed by atoms with van der Waals surface area (Å²) in [7, 11) is 0. The number of hydrogen-bond donors (Lipinski definition) is 1. The van der Waals surface area contributed by atoms with E-state index in [-0.39, 0.29) is 6.04 Å². The molecule has 1 aliphatic carbocycles. The highest BCUT2D eigenvalue weighted by Gasteiger charge is 2.15. The maximum atomic E-state index is 6.28. The fraction of sp³-hybridized carbons (Fsp3) is 0.647. The summed E-state index contributed by atoms with van der Waals surface area (Å²) in [6, 6.07) is 9.10. The van der Waals surface area contributed by atoms with Gasteiger partial charge in [-0.3, -0.25) is 0 Å². The van der Waals surface area contributed by atoms with E-state index in [9.17, 15) is 0 Å². The van der Waals surface area contributed by atoms with Crippen molar-refractivity contribution in [3.05, 3.63) is 35.4 Å². The van der Waals surface area contributed by atoms with Crippen LogP contribution in [0.1, 0.15) is 56.2 Å². The molecule has 1 aromatic rings. The largest absolute Gasteiger partial charge is 0.323 e. The van der Waals surface area contributed by atoms with Gasteiger partial charge in [0.2, 0.25) is 0 Å². The van der Waals surface area contributed by atoms with Crippen LogP contribution in [0.25, 0.3) is 0 Å². The fourth-order valence-electron chi connectivity index (χ4n) is 2.86. The average molecular weight is 277 g/mol. The summed E-state index contributed by atoms with van der Waals surface area (Å²) in [6.07, 6.45) is 8.14. The van der Waals surface area contributed by atoms with Crippen LogP contribution in [0.5, 0.6) is 0 Å². The van der Waals surface area contributed by atoms with Gasteiger partial charge in [0.25, 0.3) is 0 Å². The van der Waals surface area contributed by atoms with E-state index in [1.54, 1.807) is 0 Å². The number of hydrogen-bond acceptors (Lipinski definition) is 2. The van der Waals surface area contributed by atoms with Crippen LogP contribution in [0.4, 0.5) is 0 Å². The molecule has 2 heteroatoms. The van der Waals surface area contributed by atoms with E-state index in [0.29, 0.717) is 0 Å². The Kier molecular flexibility index (Phi) is 6.25. The highest BCUT2D eigenvalue weighted by Crippen LogP contribution is 2.29. The standard InChI is InChI=1S/C17H27NS/c1-2-5-14-8-10-16(11-9-14)17(18)13-19-12-15-6-3-4-7-15/h8-11,15,17H,2-7,12-13,18H2,1H3. The minimum Gasteiger partial charge on any atom is -0.323 e. The Morgan fingerprint density at radius 3 is 2.53 bits per heavy atom. The van der Waals surface area contributed by atoms with Crippen molar-refractivity contribution in [1.82, 2.24) is 0 Å². The van der Waals surface area contributed by atoms with Crippen LogP contribution in [0.3, 0.4) is 0 Å². The van der Waals surface area contributed by atoms with Gasteiger partial charge in [-0.25, -0.2) is 0 Å². The molecule has 1 aliphatic rings. The summed E-state index contributed by atoms with van der Waals surface area (Å²) in [5.74, 6) is 3.33. The van der Waals surface area contributed by atoms with Gasteiger partial charge in [-0.15, -0.1) is 0 Å². The lowest BCUT2D eigenvalue weighted by atomic mass is 10.0. The maximum absolute atomic E-state index is 6.28. The third-order valence-electron chi connectivity index (χ3n) is 4.07. The number of rotatable bonds is 7. The van der Waals surface area contributed by atoms with Crippen LogP contribution < -0.4 is 5.73 Å². The first-order valence-corrected chi connectivity index (χ1v) is 8.87. The van der Waals surface area contributed by atoms with Crippen LogP contribution in [0, 0.1) is 5.92 Å². The Labute approximate surface area is 122 Å². The normalized spacial score (nSPS) is 17.8. The fourth-order valence-corrected chi connectivity index (χ4v) is 4.10. The van der Waals surface area contributed by atoms with E-state index in [4.69, 9.17) is 5.73 Å². The molecule has 2 rings (SSSR count). The number of nitrogens with two attached hydrogens (primary N) is 1. The summed E-state index contributed by atoms with van der Waals surface area (Å²) >= 11 is 2.04. The first kappa shape index (κ1) is 14.9. The minimum atomic E-state index is 0.196. The van der Waals surface area contributed by atoms with Gasteiger partial charge in [-0.1, -0.05) is 50.5 Å². The third-order valence-corrected chi connectivity index (χ3v) is 5.37. The molecule has 1 fully saturated rings. The van der Waals surface area contributed by atoms with Crippen molar-refractivity contribution < 1.29 is 0 Å². The SMILES string of the molecule is CCCc1ccc(C(N)CSCC2CCCC2)cc1. The number of thioether (sulfide) groups is 1. The summed E-state index contributed by atoms with van der Waals surface area (Å²) in [6.45, 7) is 2.22. The minimum absolute atomic E-state index is 0.196. The van der Waals surface area contributed by atoms with Crippen molar-refractivity contribution in [3.63, 3.8) is 0 Å². The molecule has 19 heavy (non-hydrogen) atoms. The van der Waals surface area contributed by atoms with E-state index >= 15 is 0 Å². The van der Waals surface area contributed by atoms with Crippen molar-refractivity contribution in [2.75, 3.05) is 11.5 Å². The van der Waals surface area contributed by atoms with Crippen LogP contribution in [-0.2, 0) is 6.42 Å². The lowest BCUT2D eigenvalue weighted by molar-refractivity contribution is 0.622. The molecule has 0 heterocycles. The van der Waals surface area contributed by atoms with Crippen LogP contribution in [-0.4, -0.2) is 11.5 Å². The van der Waals surface area contributed by atoms with E-state index in [2.05, 4.69) is 31.2 Å². The Morgan fingerprint density at radius 1 is 1.21 bits per heavy atom. The zero-order valence-electron chi connectivity index (χ0n) is 12.1. The van der Waals surface area contributed by atoms with Crippen LogP contribution in [0.15, 0.2) is 24.3 Å². The van der Waals surface area contributed by atoms with Crippen molar-refractivity contribution in [2.45, 2.75) is 51.5 Å². The van der Waals surface area contributed by atoms with Gasteiger partial charge in [0.05, 0.1) is 0 Å². The molecule has 1 unspecified atom stereocenters. The second-order valence-corrected chi connectivity index (χ2v) is 6.86. The molecule has 1 atom stereocenters. The lowest BCUT2D eigenvalue weighted by Gasteiger charge is -2.14. The molecule has 1 saturated carbocycles. The number of benzene rings is 1. The molecule has 2 N–H and O–H groups in total. The van der Waals surface area contributed by atoms with Gasteiger partial charge in [-0.2, -0.15) is 11.8 Å². The van der Waals surface area contributed by atoms with E-state index in [1.165, 1.54) is 55.4 Å². The van der Waals surface area contributed by atoms with Gasteiger partial charge < -0.3 is 5.73 Å². The van der Waals surface area contributed by atoms with Gasteiger partial charge in [0.15, 0.2) is 0 Å². The molecular formula is C17H27NS. The monoisotopic (exact) mass is 277 g/mol. The zero-order valence-corrected chi connectivity index (χ0v) is 12.9. The highest BCUT2D eigenvalue weighted by atomic mass is 32.2. The van der Waals surface area contributed by atoms with Crippen LogP contribution in [0.2, 0.25) is 0 Å². The van der Waals surface area contributed by atoms with Crippen LogP contribution >= 0.6 is 11.8 Å². The van der Waals surface area contributed by atoms with Crippen molar-refractivity contribution >= 4 is 11.8 Å². The predicted molar refractivity (Wildman–Crippen MR) is 86.6 cm³/mol. The molecule has 106 valence electrons. The quantitative estimate of drug-likeness (QED) is 0.790. The van der Waals surface area contributed by atoms with Crippen molar-refractivity contribution in [3.8, 4) is 0 Å². The van der Waals surface area contributed by atoms with Crippen molar-refractivity contribution in [1.29, 1.82) is 0 Å². The molecule has 0 radical (unpaired) electrons. The van der Waals surface area contributed by atoms with Gasteiger partial charge in [0, 0.05) is 11.8 Å². The first-order valence-electron chi connectivity index (χ1n) is 7.71. The smallest absolute Gasteiger partial charge is 0.0386 e. The molecule has 0 bridgehead atoms. The Bertz CT molecular complexity index is 354. The van der Waals surface area contributed by atoms with Gasteiger partial charge in [-0.05, 0) is 42.1 Å². The first-order chi connectivity index (χ1) is 9.29. The van der Waals surface area contributed by atoms with E-state index < -0.39 is 0 Å². The lowest BCUT2D eigenvalue weighted by Crippen LogP contribution is -2.14. The van der Waals surface area contributed by atoms with Gasteiger partial charge in [0.1, 0.15) is 0 Å². The number of aryl methyl sites for hydroxylation is 1. The average Bonchev–Trinajstić information content (AvgIpc) is 2.93. The molecule has 1 aromatic carbocycles. The molecule has 0 saturated heterocycles. The molecule has 0 aliphatic heterocycles. The van der Waals surface area contributed by atoms with E-state index in [1.807, 2.05) is 11.8 Å². The predicted octanol–water partition coefficient (Wildman–Crippen LogP) is 4.56. The second-order valence-electron chi connectivity index (χ2n) is 5.79. The highest BCUT2D eigenvalue weighted by molar-refractivity contribution is 7.99. The summed E-state index contributed by atoms with van der Waals surface area (Å²) in [5, 5.41) is 0. The third kappa shape index (κ3) is 4.85. The second kappa shape index (κ2) is 7.96. The molecule has 0 spiro atoms. The van der Waals surface area contributed by atoms with Gasteiger partial charge >= 0.3 is 0 Å². The Hall–Kier alpha value is -0.470. The summed E-state index contributed by atoms with van der Waals surface area (Å²) < 4.78 is 0.